The Morgan fingerprint density at radius 3 is 2.89 bits per heavy atom. The molecule has 5 heteroatoms. The Kier molecular flexibility index (Phi) is 5.19. The number of rotatable bonds is 3. The van der Waals surface area contributed by atoms with Gasteiger partial charge in [-0.1, -0.05) is 6.92 Å². The molecule has 0 aromatic heterocycles. The van der Waals surface area contributed by atoms with Crippen LogP contribution in [0.4, 0.5) is 0 Å². The molecule has 5 nitrogen and oxygen atoms in total. The molecule has 2 aliphatic rings. The van der Waals surface area contributed by atoms with E-state index in [0.29, 0.717) is 31.5 Å². The first-order valence-corrected chi connectivity index (χ1v) is 7.37. The normalized spacial score (nSPS) is 36.3. The van der Waals surface area contributed by atoms with Gasteiger partial charge in [-0.3, -0.25) is 4.79 Å². The zero-order valence-corrected chi connectivity index (χ0v) is 12.0. The Labute approximate surface area is 115 Å². The molecule has 0 aromatic rings. The van der Waals surface area contributed by atoms with Crippen molar-refractivity contribution in [2.75, 3.05) is 26.2 Å². The van der Waals surface area contributed by atoms with Crippen LogP contribution in [0, 0.1) is 5.92 Å². The topological polar surface area (TPSA) is 61.8 Å². The molecule has 2 rings (SSSR count). The summed E-state index contributed by atoms with van der Waals surface area (Å²) >= 11 is 0. The third-order valence-corrected chi connectivity index (χ3v) is 4.21. The number of piperidine rings is 1. The van der Waals surface area contributed by atoms with Crippen LogP contribution in [0.3, 0.4) is 0 Å². The van der Waals surface area contributed by atoms with E-state index < -0.39 is 0 Å². The highest BCUT2D eigenvalue weighted by Crippen LogP contribution is 2.20. The lowest BCUT2D eigenvalue weighted by Gasteiger charge is -2.38. The third kappa shape index (κ3) is 3.91. The number of carbonyl (C=O) groups excluding carboxylic acids is 1. The maximum atomic E-state index is 12.4. The van der Waals surface area contributed by atoms with Gasteiger partial charge in [-0.25, -0.2) is 0 Å². The number of carbonyl (C=O) groups is 1. The number of aliphatic hydroxyl groups excluding tert-OH is 1. The fraction of sp³-hybridized carbons (Fsp3) is 0.929. The number of hydrogen-bond acceptors (Lipinski definition) is 4. The minimum Gasteiger partial charge on any atom is -0.394 e. The summed E-state index contributed by atoms with van der Waals surface area (Å²) in [4.78, 5) is 14.2. The van der Waals surface area contributed by atoms with Crippen molar-refractivity contribution >= 4 is 5.91 Å². The second-order valence-corrected chi connectivity index (χ2v) is 5.93. The van der Waals surface area contributed by atoms with Gasteiger partial charge >= 0.3 is 0 Å². The quantitative estimate of drug-likeness (QED) is 0.778. The Hall–Kier alpha value is -0.650. The Bertz CT molecular complexity index is 311. The number of hydrogen-bond donors (Lipinski definition) is 2. The van der Waals surface area contributed by atoms with Crippen LogP contribution in [0.2, 0.25) is 0 Å². The number of amides is 1. The summed E-state index contributed by atoms with van der Waals surface area (Å²) in [6, 6.07) is 0.298. The van der Waals surface area contributed by atoms with E-state index in [-0.39, 0.29) is 24.7 Å². The molecule has 2 heterocycles. The largest absolute Gasteiger partial charge is 0.394 e. The zero-order chi connectivity index (χ0) is 13.8. The number of morpholine rings is 1. The molecule has 0 radical (unpaired) electrons. The average Bonchev–Trinajstić information content (AvgIpc) is 2.40. The maximum Gasteiger partial charge on any atom is 0.224 e. The minimum absolute atomic E-state index is 0.00610. The van der Waals surface area contributed by atoms with Crippen molar-refractivity contribution in [3.05, 3.63) is 0 Å². The Morgan fingerprint density at radius 1 is 1.42 bits per heavy atom. The van der Waals surface area contributed by atoms with Crippen molar-refractivity contribution in [2.24, 2.45) is 5.92 Å². The summed E-state index contributed by atoms with van der Waals surface area (Å²) in [5.41, 5.74) is 0. The van der Waals surface area contributed by atoms with Crippen molar-refractivity contribution in [3.8, 4) is 0 Å². The molecule has 1 amide bonds. The average molecular weight is 270 g/mol. The van der Waals surface area contributed by atoms with Crippen LogP contribution in [0.1, 0.15) is 33.1 Å². The first-order chi connectivity index (χ1) is 9.10. The van der Waals surface area contributed by atoms with Gasteiger partial charge in [-0.05, 0) is 32.2 Å². The highest BCUT2D eigenvalue weighted by molar-refractivity contribution is 5.77. The molecule has 0 aromatic carbocycles. The summed E-state index contributed by atoms with van der Waals surface area (Å²) in [6.07, 6.45) is 2.74. The zero-order valence-electron chi connectivity index (χ0n) is 12.0. The van der Waals surface area contributed by atoms with Gasteiger partial charge in [0.05, 0.1) is 18.8 Å². The summed E-state index contributed by atoms with van der Waals surface area (Å²) in [6.45, 7) is 6.30. The smallest absolute Gasteiger partial charge is 0.224 e. The molecule has 19 heavy (non-hydrogen) atoms. The summed E-state index contributed by atoms with van der Waals surface area (Å²) in [5.74, 6) is 0.740. The van der Waals surface area contributed by atoms with E-state index >= 15 is 0 Å². The molecule has 0 spiro atoms. The van der Waals surface area contributed by atoms with E-state index in [9.17, 15) is 9.90 Å². The van der Waals surface area contributed by atoms with Crippen LogP contribution in [0.5, 0.6) is 0 Å². The van der Waals surface area contributed by atoms with Crippen LogP contribution >= 0.6 is 0 Å². The predicted octanol–water partition coefficient (Wildman–Crippen LogP) is 0.373. The first-order valence-electron chi connectivity index (χ1n) is 7.37. The molecule has 0 aliphatic carbocycles. The van der Waals surface area contributed by atoms with Gasteiger partial charge in [0, 0.05) is 25.6 Å². The summed E-state index contributed by atoms with van der Waals surface area (Å²) < 4.78 is 5.57. The van der Waals surface area contributed by atoms with E-state index in [1.807, 2.05) is 11.8 Å². The molecule has 2 saturated heterocycles. The van der Waals surface area contributed by atoms with Crippen molar-refractivity contribution < 1.29 is 14.6 Å². The van der Waals surface area contributed by atoms with Gasteiger partial charge in [-0.15, -0.1) is 0 Å². The van der Waals surface area contributed by atoms with E-state index in [0.717, 1.165) is 6.54 Å². The van der Waals surface area contributed by atoms with Gasteiger partial charge in [0.1, 0.15) is 0 Å². The van der Waals surface area contributed by atoms with Gasteiger partial charge in [0.25, 0.3) is 0 Å². The van der Waals surface area contributed by atoms with Crippen molar-refractivity contribution in [1.29, 1.82) is 0 Å². The highest BCUT2D eigenvalue weighted by atomic mass is 16.5. The number of aliphatic hydroxyl groups is 1. The van der Waals surface area contributed by atoms with E-state index in [2.05, 4.69) is 12.2 Å². The van der Waals surface area contributed by atoms with Crippen LogP contribution < -0.4 is 5.32 Å². The molecule has 0 saturated carbocycles. The number of ether oxygens (including phenoxy) is 1. The fourth-order valence-corrected chi connectivity index (χ4v) is 3.05. The standard InChI is InChI=1S/C14H26N2O3/c1-10-4-3-5-15-13(10)6-14(18)16-7-11(2)19-12(8-16)9-17/h10-13,15,17H,3-9H2,1-2H3. The monoisotopic (exact) mass is 270 g/mol. The Morgan fingerprint density at radius 2 is 2.21 bits per heavy atom. The van der Waals surface area contributed by atoms with Crippen LogP contribution in [-0.2, 0) is 9.53 Å². The molecule has 2 aliphatic heterocycles. The van der Waals surface area contributed by atoms with Crippen molar-refractivity contribution in [3.63, 3.8) is 0 Å². The Balaban J connectivity index is 1.87. The molecular formula is C14H26N2O3. The lowest BCUT2D eigenvalue weighted by molar-refractivity contribution is -0.148. The lowest BCUT2D eigenvalue weighted by atomic mass is 9.90. The highest BCUT2D eigenvalue weighted by Gasteiger charge is 2.30. The fourth-order valence-electron chi connectivity index (χ4n) is 3.05. The van der Waals surface area contributed by atoms with Gasteiger partial charge in [0.2, 0.25) is 5.91 Å². The minimum atomic E-state index is -0.232. The van der Waals surface area contributed by atoms with Crippen LogP contribution in [0.25, 0.3) is 0 Å². The first kappa shape index (κ1) is 14.8. The molecular weight excluding hydrogens is 244 g/mol. The van der Waals surface area contributed by atoms with E-state index in [1.165, 1.54) is 12.8 Å². The molecule has 4 unspecified atom stereocenters. The SMILES string of the molecule is CC1CN(C(=O)CC2NCCCC2C)CC(CO)O1. The summed E-state index contributed by atoms with van der Waals surface area (Å²) in [7, 11) is 0. The third-order valence-electron chi connectivity index (χ3n) is 4.21. The molecule has 2 N–H and O–H groups in total. The summed E-state index contributed by atoms with van der Waals surface area (Å²) in [5, 5.41) is 12.6. The molecule has 110 valence electrons. The molecule has 4 atom stereocenters. The second kappa shape index (κ2) is 6.68. The molecule has 2 fully saturated rings. The van der Waals surface area contributed by atoms with Gasteiger partial charge < -0.3 is 20.1 Å². The van der Waals surface area contributed by atoms with E-state index in [4.69, 9.17) is 4.74 Å². The number of nitrogens with one attached hydrogen (secondary N) is 1. The van der Waals surface area contributed by atoms with Crippen molar-refractivity contribution in [1.82, 2.24) is 10.2 Å². The van der Waals surface area contributed by atoms with Gasteiger partial charge in [-0.2, -0.15) is 0 Å². The number of nitrogens with zero attached hydrogens (tertiary/aromatic N) is 1. The maximum absolute atomic E-state index is 12.4. The van der Waals surface area contributed by atoms with Crippen LogP contribution in [0.15, 0.2) is 0 Å². The van der Waals surface area contributed by atoms with Gasteiger partial charge in [0.15, 0.2) is 0 Å². The van der Waals surface area contributed by atoms with Crippen LogP contribution in [-0.4, -0.2) is 60.4 Å². The second-order valence-electron chi connectivity index (χ2n) is 5.93. The molecule has 0 bridgehead atoms. The van der Waals surface area contributed by atoms with Crippen molar-refractivity contribution in [2.45, 2.75) is 51.4 Å². The predicted molar refractivity (Wildman–Crippen MR) is 72.8 cm³/mol. The van der Waals surface area contributed by atoms with E-state index in [1.54, 1.807) is 0 Å². The lowest BCUT2D eigenvalue weighted by Crippen LogP contribution is -2.52.